The van der Waals surface area contributed by atoms with Crippen LogP contribution in [0.4, 0.5) is 0 Å². The molecule has 0 aliphatic rings. The van der Waals surface area contributed by atoms with E-state index in [1.807, 2.05) is 30.3 Å². The first-order valence-electron chi connectivity index (χ1n) is 7.36. The standard InChI is InChI=1S/C16H14ClN3O5S/c1-10-12(15(17)20(19-10)11-5-3-2-4-6-11)9-24-16(21)13-7-8-14(25-13)26(18,22)23/h2-8H,9H2,1H3,(H2,18,22,23). The van der Waals surface area contributed by atoms with E-state index >= 15 is 0 Å². The van der Waals surface area contributed by atoms with Gasteiger partial charge in [-0.1, -0.05) is 29.8 Å². The molecule has 3 aromatic rings. The molecule has 0 bridgehead atoms. The molecule has 0 aliphatic heterocycles. The molecule has 26 heavy (non-hydrogen) atoms. The van der Waals surface area contributed by atoms with Gasteiger partial charge in [0.2, 0.25) is 10.9 Å². The number of halogens is 1. The van der Waals surface area contributed by atoms with Crippen LogP contribution in [0.15, 0.2) is 52.0 Å². The number of aryl methyl sites for hydroxylation is 1. The number of primary sulfonamides is 1. The Morgan fingerprint density at radius 2 is 1.96 bits per heavy atom. The summed E-state index contributed by atoms with van der Waals surface area (Å²) in [4.78, 5) is 12.0. The zero-order valence-electron chi connectivity index (χ0n) is 13.5. The lowest BCUT2D eigenvalue weighted by Gasteiger charge is -2.04. The van der Waals surface area contributed by atoms with Crippen molar-refractivity contribution in [2.24, 2.45) is 5.14 Å². The summed E-state index contributed by atoms with van der Waals surface area (Å²) in [5, 5.41) is 9.07. The van der Waals surface area contributed by atoms with Gasteiger partial charge in [0, 0.05) is 5.56 Å². The Balaban J connectivity index is 1.77. The van der Waals surface area contributed by atoms with Crippen molar-refractivity contribution in [2.45, 2.75) is 18.6 Å². The number of nitrogens with two attached hydrogens (primary N) is 1. The number of esters is 1. The number of aromatic nitrogens is 2. The molecular formula is C16H14ClN3O5S. The summed E-state index contributed by atoms with van der Waals surface area (Å²) < 4.78 is 33.9. The second-order valence-electron chi connectivity index (χ2n) is 5.34. The molecule has 0 saturated heterocycles. The number of para-hydroxylation sites is 1. The van der Waals surface area contributed by atoms with Gasteiger partial charge < -0.3 is 9.15 Å². The van der Waals surface area contributed by atoms with E-state index < -0.39 is 21.1 Å². The molecule has 0 amide bonds. The normalized spacial score (nSPS) is 11.5. The van der Waals surface area contributed by atoms with Crippen molar-refractivity contribution in [3.63, 3.8) is 0 Å². The Morgan fingerprint density at radius 3 is 2.58 bits per heavy atom. The van der Waals surface area contributed by atoms with Gasteiger partial charge in [-0.05, 0) is 31.2 Å². The summed E-state index contributed by atoms with van der Waals surface area (Å²) in [5.74, 6) is -1.12. The van der Waals surface area contributed by atoms with Crippen molar-refractivity contribution in [1.29, 1.82) is 0 Å². The third-order valence-corrected chi connectivity index (χ3v) is 4.70. The van der Waals surface area contributed by atoms with E-state index in [4.69, 9.17) is 25.9 Å². The Labute approximate surface area is 154 Å². The number of carbonyl (C=O) groups excluding carboxylic acids is 1. The van der Waals surface area contributed by atoms with Crippen molar-refractivity contribution < 1.29 is 22.4 Å². The van der Waals surface area contributed by atoms with Gasteiger partial charge in [0.15, 0.2) is 0 Å². The molecule has 136 valence electrons. The third kappa shape index (κ3) is 3.64. The van der Waals surface area contributed by atoms with Crippen LogP contribution in [0, 0.1) is 6.92 Å². The number of hydrogen-bond donors (Lipinski definition) is 1. The number of hydrogen-bond acceptors (Lipinski definition) is 6. The summed E-state index contributed by atoms with van der Waals surface area (Å²) >= 11 is 6.35. The fourth-order valence-electron chi connectivity index (χ4n) is 2.23. The smallest absolute Gasteiger partial charge is 0.374 e. The highest BCUT2D eigenvalue weighted by molar-refractivity contribution is 7.89. The van der Waals surface area contributed by atoms with Crippen LogP contribution in [-0.4, -0.2) is 24.2 Å². The number of rotatable bonds is 5. The van der Waals surface area contributed by atoms with Gasteiger partial charge in [-0.25, -0.2) is 23.0 Å². The molecule has 0 unspecified atom stereocenters. The molecule has 10 heteroatoms. The van der Waals surface area contributed by atoms with Crippen LogP contribution >= 0.6 is 11.6 Å². The average molecular weight is 396 g/mol. The first-order chi connectivity index (χ1) is 12.3. The number of furan rings is 1. The number of benzene rings is 1. The number of ether oxygens (including phenoxy) is 1. The van der Waals surface area contributed by atoms with Crippen LogP contribution in [0.3, 0.4) is 0 Å². The highest BCUT2D eigenvalue weighted by Gasteiger charge is 2.21. The van der Waals surface area contributed by atoms with Crippen molar-refractivity contribution in [2.75, 3.05) is 0 Å². The minimum Gasteiger partial charge on any atom is -0.455 e. The van der Waals surface area contributed by atoms with Gasteiger partial charge >= 0.3 is 5.97 Å². The molecule has 1 aromatic carbocycles. The minimum absolute atomic E-state index is 0.151. The van der Waals surface area contributed by atoms with Crippen LogP contribution in [0.1, 0.15) is 21.8 Å². The van der Waals surface area contributed by atoms with Gasteiger partial charge in [-0.2, -0.15) is 5.10 Å². The van der Waals surface area contributed by atoms with E-state index in [2.05, 4.69) is 5.10 Å². The summed E-state index contributed by atoms with van der Waals surface area (Å²) in [7, 11) is -4.03. The number of carbonyl (C=O) groups is 1. The van der Waals surface area contributed by atoms with Gasteiger partial charge in [0.25, 0.3) is 10.0 Å². The molecular weight excluding hydrogens is 382 g/mol. The summed E-state index contributed by atoms with van der Waals surface area (Å²) in [5.41, 5.74) is 1.89. The van der Waals surface area contributed by atoms with Crippen molar-refractivity contribution in [1.82, 2.24) is 9.78 Å². The summed E-state index contributed by atoms with van der Waals surface area (Å²) in [6.07, 6.45) is 0. The van der Waals surface area contributed by atoms with Crippen molar-refractivity contribution in [3.8, 4) is 5.69 Å². The first kappa shape index (κ1) is 18.2. The van der Waals surface area contributed by atoms with E-state index in [1.54, 1.807) is 6.92 Å². The Hall–Kier alpha value is -2.62. The highest BCUT2D eigenvalue weighted by atomic mass is 35.5. The van der Waals surface area contributed by atoms with E-state index in [0.717, 1.165) is 11.8 Å². The zero-order chi connectivity index (χ0) is 18.9. The number of sulfonamides is 1. The van der Waals surface area contributed by atoms with Crippen LogP contribution in [0.25, 0.3) is 5.69 Å². The lowest BCUT2D eigenvalue weighted by Crippen LogP contribution is -2.11. The Morgan fingerprint density at radius 1 is 1.27 bits per heavy atom. The van der Waals surface area contributed by atoms with Crippen molar-refractivity contribution >= 4 is 27.6 Å². The highest BCUT2D eigenvalue weighted by Crippen LogP contribution is 2.24. The number of nitrogens with zero attached hydrogens (tertiary/aromatic N) is 2. The SMILES string of the molecule is Cc1nn(-c2ccccc2)c(Cl)c1COC(=O)c1ccc(S(N)(=O)=O)o1. The molecule has 0 saturated carbocycles. The Bertz CT molecular complexity index is 1060. The third-order valence-electron chi connectivity index (χ3n) is 3.53. The van der Waals surface area contributed by atoms with E-state index in [-0.39, 0.29) is 12.4 Å². The molecule has 2 heterocycles. The quantitative estimate of drug-likeness (QED) is 0.663. The molecule has 3 rings (SSSR count). The molecule has 0 spiro atoms. The fourth-order valence-corrected chi connectivity index (χ4v) is 3.02. The van der Waals surface area contributed by atoms with Gasteiger partial charge in [-0.15, -0.1) is 0 Å². The lowest BCUT2D eigenvalue weighted by molar-refractivity contribution is 0.0429. The zero-order valence-corrected chi connectivity index (χ0v) is 15.1. The van der Waals surface area contributed by atoms with Crippen LogP contribution in [0.5, 0.6) is 0 Å². The molecule has 2 N–H and O–H groups in total. The minimum atomic E-state index is -4.03. The molecule has 0 fully saturated rings. The fraction of sp³-hybridized carbons (Fsp3) is 0.125. The van der Waals surface area contributed by atoms with Crippen molar-refractivity contribution in [3.05, 3.63) is 64.6 Å². The van der Waals surface area contributed by atoms with Crippen LogP contribution < -0.4 is 5.14 Å². The van der Waals surface area contributed by atoms with E-state index in [1.165, 1.54) is 10.7 Å². The van der Waals surface area contributed by atoms with Crippen LogP contribution in [-0.2, 0) is 21.4 Å². The van der Waals surface area contributed by atoms with Gasteiger partial charge in [0.05, 0.1) is 11.4 Å². The maximum absolute atomic E-state index is 12.0. The second-order valence-corrected chi connectivity index (χ2v) is 7.19. The maximum atomic E-state index is 12.0. The molecule has 0 aliphatic carbocycles. The topological polar surface area (TPSA) is 117 Å². The average Bonchev–Trinajstić information content (AvgIpc) is 3.20. The monoisotopic (exact) mass is 395 g/mol. The Kier molecular flexibility index (Phi) is 4.86. The first-order valence-corrected chi connectivity index (χ1v) is 9.29. The molecule has 2 aromatic heterocycles. The van der Waals surface area contributed by atoms with Gasteiger partial charge in [-0.3, -0.25) is 0 Å². The van der Waals surface area contributed by atoms with E-state index in [9.17, 15) is 13.2 Å². The second kappa shape index (κ2) is 6.94. The maximum Gasteiger partial charge on any atom is 0.374 e. The van der Waals surface area contributed by atoms with Gasteiger partial charge in [0.1, 0.15) is 11.8 Å². The predicted octanol–water partition coefficient (Wildman–Crippen LogP) is 2.43. The lowest BCUT2D eigenvalue weighted by atomic mass is 10.3. The summed E-state index contributed by atoms with van der Waals surface area (Å²) in [6, 6.07) is 11.5. The van der Waals surface area contributed by atoms with E-state index in [0.29, 0.717) is 16.4 Å². The van der Waals surface area contributed by atoms with Crippen LogP contribution in [0.2, 0.25) is 5.15 Å². The molecule has 8 nitrogen and oxygen atoms in total. The summed E-state index contributed by atoms with van der Waals surface area (Å²) in [6.45, 7) is 1.59. The molecule has 0 radical (unpaired) electrons. The largest absolute Gasteiger partial charge is 0.455 e. The molecule has 0 atom stereocenters. The predicted molar refractivity (Wildman–Crippen MR) is 92.5 cm³/mol.